The number of aromatic nitrogens is 4. The zero-order valence-corrected chi connectivity index (χ0v) is 47.7. The van der Waals surface area contributed by atoms with Gasteiger partial charge in [-0.1, -0.05) is 112 Å². The van der Waals surface area contributed by atoms with Gasteiger partial charge in [0.25, 0.3) is 0 Å². The molecule has 7 aromatic rings. The van der Waals surface area contributed by atoms with Crippen LogP contribution in [0, 0.1) is 0 Å². The molecule has 12 nitrogen and oxygen atoms in total. The van der Waals surface area contributed by atoms with Gasteiger partial charge in [-0.25, -0.2) is 29.1 Å². The molecule has 0 atom stereocenters. The van der Waals surface area contributed by atoms with Crippen molar-refractivity contribution >= 4 is 191 Å². The van der Waals surface area contributed by atoms with E-state index in [-0.39, 0.29) is 39.3 Å². The standard InChI is InChI=1S/C48H22Br8N4O8.Mn/c49-29-31(51)39-26(18-3-11-22(12-4-18)46(63)64)41-33(53)35(55)43(59-41)28(20-7-15-24(16-8-20)48(67)68)44-36(56)34(54)42(60-44)27(19-5-13-23(14-6-19)47(65)66)40-32(52)30(50)38(58-40)25(37(29)57-39)17-1-9-21(10-2-17)45(61)62;/h1-16H,(H6,57,58,59,60,61,62,63,64,65,66,67,68);/q;+3/p-2. The van der Waals surface area contributed by atoms with Gasteiger partial charge in [-0.3, -0.25) is 0 Å². The predicted octanol–water partition coefficient (Wildman–Crippen LogP) is 15.3. The molecule has 2 aliphatic rings. The first-order valence-corrected chi connectivity index (χ1v) is 25.6. The van der Waals surface area contributed by atoms with Crippen LogP contribution in [0.1, 0.15) is 64.2 Å². The summed E-state index contributed by atoms with van der Waals surface area (Å²) in [6.45, 7) is 0. The molecular weight excluding hydrogens is 1450 g/mol. The van der Waals surface area contributed by atoms with Gasteiger partial charge < -0.3 is 30.4 Å². The van der Waals surface area contributed by atoms with Crippen molar-refractivity contribution in [1.82, 2.24) is 19.9 Å². The van der Waals surface area contributed by atoms with Crippen LogP contribution in [0.4, 0.5) is 0 Å². The molecule has 9 rings (SSSR count). The molecule has 0 fully saturated rings. The van der Waals surface area contributed by atoms with Crippen molar-refractivity contribution in [3.63, 3.8) is 0 Å². The number of hydrogen-bond donors (Lipinski definition) is 4. The Morgan fingerprint density at radius 1 is 0.333 bits per heavy atom. The molecule has 8 bridgehead atoms. The van der Waals surface area contributed by atoms with Crippen LogP contribution in [-0.4, -0.2) is 54.3 Å². The van der Waals surface area contributed by atoms with Crippen LogP contribution in [0.25, 0.3) is 84.5 Å². The number of nitrogens with zero attached hydrogens (tertiary/aromatic N) is 4. The summed E-state index contributed by atoms with van der Waals surface area (Å²) in [5.41, 5.74) is 7.15. The van der Waals surface area contributed by atoms with E-state index in [1.807, 2.05) is 0 Å². The van der Waals surface area contributed by atoms with E-state index < -0.39 is 23.9 Å². The fraction of sp³-hybridized carbons (Fsp3) is 0. The first-order chi connectivity index (χ1) is 32.4. The molecule has 4 aromatic carbocycles. The van der Waals surface area contributed by atoms with Crippen LogP contribution < -0.4 is 9.97 Å². The second-order valence-electron chi connectivity index (χ2n) is 14.8. The summed E-state index contributed by atoms with van der Waals surface area (Å²) in [5.74, 6) is -4.48. The Kier molecular flexibility index (Phi) is 14.9. The Hall–Kier alpha value is -4.28. The summed E-state index contributed by atoms with van der Waals surface area (Å²) in [7, 11) is 0. The number of carbonyl (C=O) groups is 4. The number of benzene rings is 4. The molecule has 0 spiro atoms. The fourth-order valence-electron chi connectivity index (χ4n) is 7.66. The number of rotatable bonds is 8. The quantitative estimate of drug-likeness (QED) is 0.105. The van der Waals surface area contributed by atoms with Gasteiger partial charge in [0.1, 0.15) is 0 Å². The molecule has 0 unspecified atom stereocenters. The summed E-state index contributed by atoms with van der Waals surface area (Å²) in [6, 6.07) is 25.1. The first-order valence-electron chi connectivity index (χ1n) is 19.3. The van der Waals surface area contributed by atoms with Gasteiger partial charge >= 0.3 is 40.9 Å². The predicted molar refractivity (Wildman–Crippen MR) is 289 cm³/mol. The van der Waals surface area contributed by atoms with Crippen molar-refractivity contribution in [3.8, 4) is 44.5 Å². The van der Waals surface area contributed by atoms with Gasteiger partial charge in [0.15, 0.2) is 0 Å². The van der Waals surface area contributed by atoms with Crippen LogP contribution in [0.5, 0.6) is 0 Å². The first kappa shape index (κ1) is 51.1. The molecule has 2 aliphatic heterocycles. The smallest absolute Gasteiger partial charge is 0.655 e. The zero-order valence-electron chi connectivity index (χ0n) is 33.8. The second kappa shape index (κ2) is 20.1. The molecule has 0 saturated carbocycles. The van der Waals surface area contributed by atoms with Crippen molar-refractivity contribution in [2.45, 2.75) is 0 Å². The Labute approximate surface area is 467 Å². The third-order valence-electron chi connectivity index (χ3n) is 10.9. The summed E-state index contributed by atoms with van der Waals surface area (Å²) < 4.78 is 3.86. The Morgan fingerprint density at radius 3 is 0.667 bits per heavy atom. The van der Waals surface area contributed by atoms with Crippen molar-refractivity contribution in [3.05, 3.63) is 160 Å². The number of aromatic carboxylic acids is 4. The molecule has 0 aliphatic carbocycles. The van der Waals surface area contributed by atoms with Crippen molar-refractivity contribution in [1.29, 1.82) is 0 Å². The van der Waals surface area contributed by atoms with Crippen molar-refractivity contribution in [2.75, 3.05) is 0 Å². The van der Waals surface area contributed by atoms with E-state index in [9.17, 15) is 39.6 Å². The monoisotopic (exact) mass is 1470 g/mol. The van der Waals surface area contributed by atoms with Crippen LogP contribution >= 0.6 is 127 Å². The van der Waals surface area contributed by atoms with Gasteiger partial charge in [0.05, 0.1) is 63.0 Å². The fourth-order valence-corrected chi connectivity index (χ4v) is 11.5. The molecule has 0 amide bonds. The molecule has 0 saturated heterocycles. The van der Waals surface area contributed by atoms with Crippen molar-refractivity contribution in [2.24, 2.45) is 0 Å². The number of carboxylic acid groups (broad SMARTS) is 4. The molecule has 0 radical (unpaired) electrons. The van der Waals surface area contributed by atoms with Gasteiger partial charge in [0, 0.05) is 17.9 Å². The van der Waals surface area contributed by atoms with E-state index in [0.717, 1.165) is 0 Å². The minimum Gasteiger partial charge on any atom is -0.655 e. The van der Waals surface area contributed by atoms with Gasteiger partial charge in [0.2, 0.25) is 0 Å². The maximum Gasteiger partial charge on any atom is 3.00 e. The van der Waals surface area contributed by atoms with Crippen LogP contribution in [0.2, 0.25) is 0 Å². The topological polar surface area (TPSA) is 203 Å². The Morgan fingerprint density at radius 2 is 0.507 bits per heavy atom. The summed E-state index contributed by atoms with van der Waals surface area (Å²) in [4.78, 5) is 69.6. The van der Waals surface area contributed by atoms with E-state index >= 15 is 0 Å². The maximum absolute atomic E-state index is 12.1. The van der Waals surface area contributed by atoms with Crippen molar-refractivity contribution < 1.29 is 56.7 Å². The number of hydrogen-bond acceptors (Lipinski definition) is 6. The minimum atomic E-state index is -1.12. The third kappa shape index (κ3) is 9.06. The number of carboxylic acids is 4. The average Bonchev–Trinajstić information content (AvgIpc) is 3.98. The minimum absolute atomic E-state index is 0. The SMILES string of the molecule is O=C(O)c1ccc(-c2c3nc(c(-c4ccc(C(=O)O)cc4)c4[n-]c(c(Br)c4Br)c(-c4ccc(C(=O)O)cc4)c4nc(c(-c5ccc(C(=O)O)cc5)c5[n-]c2c(Br)c5Br)C(Br)=C4Br)C(Br)=C3Br)cc1.[Mn+3]. The maximum atomic E-state index is 12.1. The normalized spacial score (nSPS) is 12.3. The van der Waals surface area contributed by atoms with Crippen LogP contribution in [-0.2, 0) is 17.1 Å². The summed E-state index contributed by atoms with van der Waals surface area (Å²) in [6.07, 6.45) is 0. The Bertz CT molecular complexity index is 3180. The number of halogens is 8. The molecule has 5 heterocycles. The van der Waals surface area contributed by atoms with E-state index in [1.54, 1.807) is 48.5 Å². The molecule has 21 heteroatoms. The van der Waals surface area contributed by atoms with Gasteiger partial charge in [-0.05, 0) is 157 Å². The molecular formula is C48H20Br8MnN4O8+. The Balaban J connectivity index is 0.00000642. The van der Waals surface area contributed by atoms with Crippen LogP contribution in [0.15, 0.2) is 115 Å². The third-order valence-corrected chi connectivity index (χ3v) is 19.2. The van der Waals surface area contributed by atoms with Crippen LogP contribution in [0.3, 0.4) is 0 Å². The van der Waals surface area contributed by atoms with E-state index in [0.29, 0.717) is 125 Å². The summed E-state index contributed by atoms with van der Waals surface area (Å²) in [5, 5.41) is 39.5. The van der Waals surface area contributed by atoms with Gasteiger partial charge in [-0.2, -0.15) is 0 Å². The van der Waals surface area contributed by atoms with E-state index in [1.165, 1.54) is 48.5 Å². The zero-order chi connectivity index (χ0) is 48.6. The van der Waals surface area contributed by atoms with Gasteiger partial charge in [-0.15, -0.1) is 22.1 Å². The molecule has 4 N–H and O–H groups in total. The second-order valence-corrected chi connectivity index (χ2v) is 21.1. The van der Waals surface area contributed by atoms with E-state index in [4.69, 9.17) is 19.9 Å². The largest absolute Gasteiger partial charge is 3.00 e. The summed E-state index contributed by atoms with van der Waals surface area (Å²) >= 11 is 30.7. The molecule has 3 aromatic heterocycles. The molecule has 342 valence electrons. The number of fused-ring (bicyclic) bond motifs is 8. The average molecular weight is 1470 g/mol. The molecule has 69 heavy (non-hydrogen) atoms. The van der Waals surface area contributed by atoms with E-state index in [2.05, 4.69) is 127 Å².